The van der Waals surface area contributed by atoms with E-state index in [-0.39, 0.29) is 40.1 Å². The van der Waals surface area contributed by atoms with Gasteiger partial charge in [0.25, 0.3) is 0 Å². The van der Waals surface area contributed by atoms with Crippen LogP contribution in [-0.4, -0.2) is 0 Å². The fraction of sp³-hybridized carbons (Fsp3) is 0.214. The molecule has 4 rings (SSSR count). The molecule has 4 aromatic rings. The summed E-state index contributed by atoms with van der Waals surface area (Å²) in [6.45, 7) is 9.47. The van der Waals surface area contributed by atoms with Crippen LogP contribution in [0, 0.1) is 14.5 Å². The van der Waals surface area contributed by atoms with Crippen molar-refractivity contribution < 1.29 is 51.0 Å². The van der Waals surface area contributed by atoms with E-state index in [0.29, 0.717) is 0 Å². The molecule has 0 N–H and O–H groups in total. The Hall–Kier alpha value is -2.43. The maximum atomic E-state index is 3.80. The van der Waals surface area contributed by atoms with E-state index in [1.807, 2.05) is 12.4 Å². The number of aryl methyl sites for hydroxylation is 3. The smallest absolute Gasteiger partial charge is 0.169 e. The SMILES string of the molecule is CC[n+]1ccc(-c2cc[n+](CC)cc2)cc1.[CH2-][n+]1ccc(-c2cc[n+](CC)cc2)cc1.[CH3-].[Y]. The molecular weight excluding hydrogens is 481 g/mol. The van der Waals surface area contributed by atoms with Crippen LogP contribution < -0.4 is 18.3 Å². The molecule has 0 unspecified atom stereocenters. The first-order chi connectivity index (χ1) is 15.1. The van der Waals surface area contributed by atoms with Crippen molar-refractivity contribution in [2.45, 2.75) is 40.4 Å². The Bertz CT molecular complexity index is 1010. The first-order valence-electron chi connectivity index (χ1n) is 10.9. The minimum atomic E-state index is 0. The van der Waals surface area contributed by atoms with Crippen molar-refractivity contribution in [2.75, 3.05) is 0 Å². The molecule has 169 valence electrons. The van der Waals surface area contributed by atoms with Crippen LogP contribution in [0.1, 0.15) is 20.8 Å². The Balaban J connectivity index is 0.000000312. The molecule has 0 aliphatic carbocycles. The van der Waals surface area contributed by atoms with Gasteiger partial charge in [-0.3, -0.25) is 0 Å². The van der Waals surface area contributed by atoms with E-state index in [0.717, 1.165) is 19.6 Å². The zero-order valence-corrected chi connectivity index (χ0v) is 23.3. The molecule has 33 heavy (non-hydrogen) atoms. The molecule has 0 saturated carbocycles. The predicted octanol–water partition coefficient (Wildman–Crippen LogP) is 4.00. The zero-order chi connectivity index (χ0) is 22.1. The van der Waals surface area contributed by atoms with Gasteiger partial charge in [-0.15, -0.1) is 0 Å². The first kappa shape index (κ1) is 28.6. The van der Waals surface area contributed by atoms with E-state index in [4.69, 9.17) is 0 Å². The Morgan fingerprint density at radius 2 is 0.697 bits per heavy atom. The van der Waals surface area contributed by atoms with Crippen LogP contribution in [0.5, 0.6) is 0 Å². The van der Waals surface area contributed by atoms with Crippen LogP contribution in [0.4, 0.5) is 0 Å². The number of hydrogen-bond donors (Lipinski definition) is 0. The molecule has 0 spiro atoms. The van der Waals surface area contributed by atoms with Gasteiger partial charge in [0.15, 0.2) is 37.2 Å². The summed E-state index contributed by atoms with van der Waals surface area (Å²) in [5.74, 6) is 0. The summed E-state index contributed by atoms with van der Waals surface area (Å²) in [5.41, 5.74) is 5.00. The van der Waals surface area contributed by atoms with Crippen LogP contribution in [0.25, 0.3) is 22.3 Å². The van der Waals surface area contributed by atoms with Crippen molar-refractivity contribution >= 4 is 0 Å². The third-order valence-electron chi connectivity index (χ3n) is 5.33. The minimum absolute atomic E-state index is 0. The van der Waals surface area contributed by atoms with Crippen LogP contribution >= 0.6 is 0 Å². The molecule has 0 bridgehead atoms. The van der Waals surface area contributed by atoms with Gasteiger partial charge in [-0.1, -0.05) is 0 Å². The van der Waals surface area contributed by atoms with Crippen LogP contribution in [-0.2, 0) is 52.3 Å². The van der Waals surface area contributed by atoms with Gasteiger partial charge in [0.2, 0.25) is 0 Å². The molecule has 0 aliphatic heterocycles. The summed E-state index contributed by atoms with van der Waals surface area (Å²) in [6, 6.07) is 17.0. The molecule has 4 nitrogen and oxygen atoms in total. The van der Waals surface area contributed by atoms with Gasteiger partial charge in [-0.25, -0.2) is 13.7 Å². The molecule has 0 aromatic carbocycles. The van der Waals surface area contributed by atoms with Crippen LogP contribution in [0.15, 0.2) is 98.1 Å². The summed E-state index contributed by atoms with van der Waals surface area (Å²) in [6.07, 6.45) is 16.6. The van der Waals surface area contributed by atoms with E-state index < -0.39 is 0 Å². The fourth-order valence-electron chi connectivity index (χ4n) is 3.23. The number of nitrogens with zero attached hydrogens (tertiary/aromatic N) is 4. The molecule has 5 heteroatoms. The second kappa shape index (κ2) is 14.7. The molecule has 0 saturated heterocycles. The summed E-state index contributed by atoms with van der Waals surface area (Å²) in [5, 5.41) is 0. The Kier molecular flexibility index (Phi) is 12.7. The largest absolute Gasteiger partial charge is 0.358 e. The topological polar surface area (TPSA) is 15.5 Å². The standard InChI is InChI=1S/C14H18N2.C13H15N2.CH3.Y/c1-3-15-9-5-13(6-10-15)14-7-11-16(4-2)12-8-14;1-3-15-10-6-13(7-11-15)12-4-8-14(2)9-5-12;;/h5-12H,3-4H2,1-2H3;4-11H,2-3H2,1H3;1H3;/q+2;+1;-1;. The average molecular weight is 518 g/mol. The Morgan fingerprint density at radius 3 is 0.909 bits per heavy atom. The summed E-state index contributed by atoms with van der Waals surface area (Å²) >= 11 is 0. The van der Waals surface area contributed by atoms with Gasteiger partial charge in [0.1, 0.15) is 19.6 Å². The zero-order valence-electron chi connectivity index (χ0n) is 20.4. The van der Waals surface area contributed by atoms with Crippen LogP contribution in [0.3, 0.4) is 0 Å². The quantitative estimate of drug-likeness (QED) is 0.281. The predicted molar refractivity (Wildman–Crippen MR) is 129 cm³/mol. The Morgan fingerprint density at radius 1 is 0.485 bits per heavy atom. The second-order valence-corrected chi connectivity index (χ2v) is 7.35. The maximum Gasteiger partial charge on any atom is 0.169 e. The van der Waals surface area contributed by atoms with Crippen molar-refractivity contribution in [3.8, 4) is 22.3 Å². The van der Waals surface area contributed by atoms with Crippen molar-refractivity contribution in [1.29, 1.82) is 0 Å². The fourth-order valence-corrected chi connectivity index (χ4v) is 3.23. The monoisotopic (exact) mass is 517 g/mol. The maximum absolute atomic E-state index is 3.80. The van der Waals surface area contributed by atoms with Crippen LogP contribution in [0.2, 0.25) is 0 Å². The van der Waals surface area contributed by atoms with E-state index in [9.17, 15) is 0 Å². The molecule has 4 heterocycles. The molecule has 0 fully saturated rings. The average Bonchev–Trinajstić information content (AvgIpc) is 2.85. The van der Waals surface area contributed by atoms with E-state index in [1.165, 1.54) is 22.3 Å². The van der Waals surface area contributed by atoms with Gasteiger partial charge in [-0.2, -0.15) is 0 Å². The van der Waals surface area contributed by atoms with Gasteiger partial charge < -0.3 is 12.0 Å². The minimum Gasteiger partial charge on any atom is -0.358 e. The third kappa shape index (κ3) is 8.45. The van der Waals surface area contributed by atoms with E-state index in [2.05, 4.69) is 127 Å². The van der Waals surface area contributed by atoms with E-state index in [1.54, 1.807) is 4.57 Å². The number of rotatable bonds is 5. The van der Waals surface area contributed by atoms with Gasteiger partial charge in [0.05, 0.1) is 12.4 Å². The normalized spacial score (nSPS) is 9.67. The van der Waals surface area contributed by atoms with E-state index >= 15 is 0 Å². The van der Waals surface area contributed by atoms with Gasteiger partial charge in [0, 0.05) is 76.2 Å². The van der Waals surface area contributed by atoms with Crippen molar-refractivity contribution in [3.05, 3.63) is 113 Å². The first-order valence-corrected chi connectivity index (χ1v) is 10.9. The molecule has 0 amide bonds. The van der Waals surface area contributed by atoms with Crippen molar-refractivity contribution in [2.24, 2.45) is 0 Å². The Labute approximate surface area is 225 Å². The molecule has 1 radical (unpaired) electrons. The summed E-state index contributed by atoms with van der Waals surface area (Å²) < 4.78 is 8.27. The molecular formula is C28H36N4Y+2. The number of aromatic nitrogens is 4. The summed E-state index contributed by atoms with van der Waals surface area (Å²) in [4.78, 5) is 0. The van der Waals surface area contributed by atoms with Crippen molar-refractivity contribution in [1.82, 2.24) is 0 Å². The number of pyridine rings is 4. The second-order valence-electron chi connectivity index (χ2n) is 7.35. The van der Waals surface area contributed by atoms with Crippen molar-refractivity contribution in [3.63, 3.8) is 0 Å². The summed E-state index contributed by atoms with van der Waals surface area (Å²) in [7, 11) is 3.80. The molecule has 0 atom stereocenters. The molecule has 0 aliphatic rings. The van der Waals surface area contributed by atoms with Gasteiger partial charge in [-0.05, 0) is 55.2 Å². The molecule has 4 aromatic heterocycles. The number of hydrogen-bond acceptors (Lipinski definition) is 0. The third-order valence-corrected chi connectivity index (χ3v) is 5.33. The van der Waals surface area contributed by atoms with Gasteiger partial charge >= 0.3 is 0 Å².